The number of hydrogen-bond donors (Lipinski definition) is 0. The summed E-state index contributed by atoms with van der Waals surface area (Å²) < 4.78 is 11.4. The second-order valence-electron chi connectivity index (χ2n) is 5.55. The Kier molecular flexibility index (Phi) is 6.12. The average molecular weight is 443 g/mol. The van der Waals surface area contributed by atoms with Gasteiger partial charge in [-0.2, -0.15) is 5.26 Å². The number of nitrogens with zero attached hydrogens (tertiary/aromatic N) is 1. The normalized spacial score (nSPS) is 10.1. The summed E-state index contributed by atoms with van der Waals surface area (Å²) in [5.74, 6) is 0.423. The molecular formula is C21H13BrClNO3. The number of benzene rings is 3. The van der Waals surface area contributed by atoms with E-state index in [4.69, 9.17) is 26.3 Å². The van der Waals surface area contributed by atoms with Crippen molar-refractivity contribution >= 4 is 33.5 Å². The Labute approximate surface area is 170 Å². The first kappa shape index (κ1) is 19.0. The molecule has 0 amide bonds. The van der Waals surface area contributed by atoms with Crippen LogP contribution < -0.4 is 9.47 Å². The Hall–Kier alpha value is -2.81. The minimum atomic E-state index is -0.511. The largest absolute Gasteiger partial charge is 0.481 e. The number of ether oxygens (including phenoxy) is 2. The molecule has 0 unspecified atom stereocenters. The molecule has 6 heteroatoms. The molecule has 3 aromatic carbocycles. The van der Waals surface area contributed by atoms with Gasteiger partial charge in [0, 0.05) is 5.02 Å². The fourth-order valence-corrected chi connectivity index (χ4v) is 3.14. The maximum absolute atomic E-state index is 12.0. The SMILES string of the molecule is N#Cc1ccc(-c2ccc(OC(=O)COc3ccc(Cl)cc3Br)cc2)cc1. The molecule has 0 radical (unpaired) electrons. The van der Waals surface area contributed by atoms with E-state index in [2.05, 4.69) is 22.0 Å². The highest BCUT2D eigenvalue weighted by atomic mass is 79.9. The maximum atomic E-state index is 12.0. The van der Waals surface area contributed by atoms with Crippen molar-refractivity contribution in [1.82, 2.24) is 0 Å². The summed E-state index contributed by atoms with van der Waals surface area (Å²) in [7, 11) is 0. The summed E-state index contributed by atoms with van der Waals surface area (Å²) in [4.78, 5) is 12.0. The van der Waals surface area contributed by atoms with Crippen molar-refractivity contribution < 1.29 is 14.3 Å². The van der Waals surface area contributed by atoms with Gasteiger partial charge in [-0.1, -0.05) is 35.9 Å². The van der Waals surface area contributed by atoms with Crippen LogP contribution in [0.1, 0.15) is 5.56 Å². The maximum Gasteiger partial charge on any atom is 0.349 e. The van der Waals surface area contributed by atoms with Gasteiger partial charge in [-0.05, 0) is 69.5 Å². The second-order valence-corrected chi connectivity index (χ2v) is 6.84. The number of nitriles is 1. The molecule has 3 rings (SSSR count). The van der Waals surface area contributed by atoms with E-state index in [1.807, 2.05) is 24.3 Å². The molecular weight excluding hydrogens is 430 g/mol. The molecule has 0 aliphatic carbocycles. The molecule has 0 spiro atoms. The molecule has 0 bridgehead atoms. The molecule has 0 aromatic heterocycles. The first-order valence-corrected chi connectivity index (χ1v) is 9.11. The molecule has 0 aliphatic heterocycles. The fourth-order valence-electron chi connectivity index (χ4n) is 2.34. The molecule has 0 atom stereocenters. The summed E-state index contributed by atoms with van der Waals surface area (Å²) in [5.41, 5.74) is 2.54. The lowest BCUT2D eigenvalue weighted by Crippen LogP contribution is -2.17. The van der Waals surface area contributed by atoms with E-state index in [0.717, 1.165) is 11.1 Å². The van der Waals surface area contributed by atoms with Crippen LogP contribution in [0.3, 0.4) is 0 Å². The predicted molar refractivity (Wildman–Crippen MR) is 107 cm³/mol. The Bertz CT molecular complexity index is 995. The summed E-state index contributed by atoms with van der Waals surface area (Å²) in [6, 6.07) is 21.5. The average Bonchev–Trinajstić information content (AvgIpc) is 2.68. The van der Waals surface area contributed by atoms with Crippen LogP contribution in [-0.2, 0) is 4.79 Å². The Morgan fingerprint density at radius 2 is 1.63 bits per heavy atom. The lowest BCUT2D eigenvalue weighted by Gasteiger charge is -2.09. The van der Waals surface area contributed by atoms with Crippen LogP contribution in [0.2, 0.25) is 5.02 Å². The first-order chi connectivity index (χ1) is 13.0. The van der Waals surface area contributed by atoms with Gasteiger partial charge in [-0.15, -0.1) is 0 Å². The smallest absolute Gasteiger partial charge is 0.349 e. The first-order valence-electron chi connectivity index (χ1n) is 7.94. The van der Waals surface area contributed by atoms with Gasteiger partial charge < -0.3 is 9.47 Å². The van der Waals surface area contributed by atoms with Crippen LogP contribution in [0, 0.1) is 11.3 Å². The van der Waals surface area contributed by atoms with E-state index in [-0.39, 0.29) is 6.61 Å². The quantitative estimate of drug-likeness (QED) is 0.380. The van der Waals surface area contributed by atoms with Crippen molar-refractivity contribution in [2.45, 2.75) is 0 Å². The number of esters is 1. The van der Waals surface area contributed by atoms with Gasteiger partial charge in [0.1, 0.15) is 11.5 Å². The number of carbonyl (C=O) groups is 1. The number of rotatable bonds is 5. The Balaban J connectivity index is 1.58. The van der Waals surface area contributed by atoms with Crippen molar-refractivity contribution in [3.05, 3.63) is 81.8 Å². The molecule has 0 saturated carbocycles. The van der Waals surface area contributed by atoms with Crippen LogP contribution >= 0.6 is 27.5 Å². The second kappa shape index (κ2) is 8.72. The van der Waals surface area contributed by atoms with E-state index in [0.29, 0.717) is 26.6 Å². The van der Waals surface area contributed by atoms with E-state index >= 15 is 0 Å². The van der Waals surface area contributed by atoms with Gasteiger partial charge in [0.2, 0.25) is 0 Å². The minimum absolute atomic E-state index is 0.225. The summed E-state index contributed by atoms with van der Waals surface area (Å²) in [6.07, 6.45) is 0. The molecule has 0 saturated heterocycles. The van der Waals surface area contributed by atoms with Crippen molar-refractivity contribution in [2.24, 2.45) is 0 Å². The van der Waals surface area contributed by atoms with Crippen LogP contribution in [0.25, 0.3) is 11.1 Å². The van der Waals surface area contributed by atoms with Gasteiger partial charge in [0.25, 0.3) is 0 Å². The zero-order valence-corrected chi connectivity index (χ0v) is 16.3. The lowest BCUT2D eigenvalue weighted by molar-refractivity contribution is -0.136. The number of hydrogen-bond acceptors (Lipinski definition) is 4. The standard InChI is InChI=1S/C21H13BrClNO3/c22-19-11-17(23)7-10-20(19)26-13-21(25)27-18-8-5-16(6-9-18)15-3-1-14(12-24)2-4-15/h1-11H,13H2. The van der Waals surface area contributed by atoms with Gasteiger partial charge in [0.05, 0.1) is 16.1 Å². The van der Waals surface area contributed by atoms with Crippen LogP contribution in [0.4, 0.5) is 0 Å². The lowest BCUT2D eigenvalue weighted by atomic mass is 10.0. The highest BCUT2D eigenvalue weighted by molar-refractivity contribution is 9.10. The summed E-state index contributed by atoms with van der Waals surface area (Å²) in [6.45, 7) is -0.225. The van der Waals surface area contributed by atoms with E-state index in [9.17, 15) is 4.79 Å². The number of halogens is 2. The zero-order valence-electron chi connectivity index (χ0n) is 14.0. The van der Waals surface area contributed by atoms with Crippen LogP contribution in [-0.4, -0.2) is 12.6 Å². The molecule has 0 fully saturated rings. The van der Waals surface area contributed by atoms with Crippen LogP contribution in [0.15, 0.2) is 71.2 Å². The van der Waals surface area contributed by atoms with Crippen molar-refractivity contribution in [3.8, 4) is 28.7 Å². The van der Waals surface area contributed by atoms with Crippen molar-refractivity contribution in [1.29, 1.82) is 5.26 Å². The fraction of sp³-hybridized carbons (Fsp3) is 0.0476. The summed E-state index contributed by atoms with van der Waals surface area (Å²) in [5, 5.41) is 9.41. The van der Waals surface area contributed by atoms with Gasteiger partial charge in [-0.25, -0.2) is 4.79 Å². The number of carbonyl (C=O) groups excluding carboxylic acids is 1. The zero-order chi connectivity index (χ0) is 19.2. The highest BCUT2D eigenvalue weighted by Crippen LogP contribution is 2.28. The predicted octanol–water partition coefficient (Wildman–Crippen LogP) is 5.63. The van der Waals surface area contributed by atoms with Gasteiger partial charge in [-0.3, -0.25) is 0 Å². The minimum Gasteiger partial charge on any atom is -0.481 e. The van der Waals surface area contributed by atoms with Gasteiger partial charge in [0.15, 0.2) is 6.61 Å². The Morgan fingerprint density at radius 1 is 1.00 bits per heavy atom. The molecule has 0 N–H and O–H groups in total. The van der Waals surface area contributed by atoms with Crippen molar-refractivity contribution in [2.75, 3.05) is 6.61 Å². The third-order valence-corrected chi connectivity index (χ3v) is 4.53. The molecule has 4 nitrogen and oxygen atoms in total. The molecule has 134 valence electrons. The summed E-state index contributed by atoms with van der Waals surface area (Å²) >= 11 is 9.19. The molecule has 3 aromatic rings. The van der Waals surface area contributed by atoms with Crippen molar-refractivity contribution in [3.63, 3.8) is 0 Å². The van der Waals surface area contributed by atoms with Gasteiger partial charge >= 0.3 is 5.97 Å². The Morgan fingerprint density at radius 3 is 2.22 bits per heavy atom. The molecule has 0 heterocycles. The van der Waals surface area contributed by atoms with Crippen LogP contribution in [0.5, 0.6) is 11.5 Å². The third-order valence-electron chi connectivity index (χ3n) is 3.67. The third kappa shape index (κ3) is 5.10. The highest BCUT2D eigenvalue weighted by Gasteiger charge is 2.09. The topological polar surface area (TPSA) is 59.3 Å². The molecule has 27 heavy (non-hydrogen) atoms. The van der Waals surface area contributed by atoms with E-state index < -0.39 is 5.97 Å². The van der Waals surface area contributed by atoms with E-state index in [1.165, 1.54) is 0 Å². The van der Waals surface area contributed by atoms with E-state index in [1.54, 1.807) is 42.5 Å². The monoisotopic (exact) mass is 441 g/mol. The molecule has 0 aliphatic rings.